The molecule has 2 aliphatic carbocycles. The van der Waals surface area contributed by atoms with Crippen LogP contribution in [0.15, 0.2) is 51.9 Å². The zero-order valence-electron chi connectivity index (χ0n) is 18.6. The van der Waals surface area contributed by atoms with Crippen LogP contribution in [-0.4, -0.2) is 47.3 Å². The number of nitrogens with one attached hydrogen (secondary N) is 1. The zero-order valence-corrected chi connectivity index (χ0v) is 19.3. The van der Waals surface area contributed by atoms with E-state index in [-0.39, 0.29) is 0 Å². The lowest BCUT2D eigenvalue weighted by molar-refractivity contribution is 0.405. The molecule has 3 unspecified atom stereocenters. The number of anilines is 2. The number of aromatic nitrogens is 3. The van der Waals surface area contributed by atoms with Gasteiger partial charge in [0, 0.05) is 19.6 Å². The lowest BCUT2D eigenvalue weighted by Gasteiger charge is -2.20. The highest BCUT2D eigenvalue weighted by molar-refractivity contribution is 6.30. The van der Waals surface area contributed by atoms with Gasteiger partial charge in [0.15, 0.2) is 5.82 Å². The lowest BCUT2D eigenvalue weighted by atomic mass is 9.93. The summed E-state index contributed by atoms with van der Waals surface area (Å²) < 4.78 is 0. The fourth-order valence-corrected chi connectivity index (χ4v) is 5.11. The molecule has 172 valence electrons. The van der Waals surface area contributed by atoms with Crippen LogP contribution in [0, 0.1) is 17.8 Å². The molecule has 0 aromatic carbocycles. The molecule has 2 fully saturated rings. The number of aliphatic imine (C=N–C) groups is 2. The molecule has 3 N–H and O–H groups in total. The van der Waals surface area contributed by atoms with Gasteiger partial charge in [-0.1, -0.05) is 17.2 Å². The quantitative estimate of drug-likeness (QED) is 0.344. The highest BCUT2D eigenvalue weighted by atomic mass is 35.5. The van der Waals surface area contributed by atoms with E-state index in [1.807, 2.05) is 18.3 Å². The first kappa shape index (κ1) is 21.8. The molecule has 33 heavy (non-hydrogen) atoms. The first-order valence-corrected chi connectivity index (χ1v) is 12.0. The minimum Gasteiger partial charge on any atom is -0.390 e. The second kappa shape index (κ2) is 9.87. The van der Waals surface area contributed by atoms with Crippen molar-refractivity contribution in [3.63, 3.8) is 0 Å². The molecule has 0 amide bonds. The molecule has 1 aliphatic heterocycles. The Hall–Kier alpha value is -3.00. The van der Waals surface area contributed by atoms with Crippen molar-refractivity contribution in [1.29, 1.82) is 0 Å². The average molecular weight is 465 g/mol. The average Bonchev–Trinajstić information content (AvgIpc) is 3.73. The van der Waals surface area contributed by atoms with Gasteiger partial charge >= 0.3 is 0 Å². The summed E-state index contributed by atoms with van der Waals surface area (Å²) in [5.74, 6) is 3.91. The highest BCUT2D eigenvalue weighted by Crippen LogP contribution is 2.58. The molecule has 3 aliphatic rings. The number of hydrogen-bond acceptors (Lipinski definition) is 6. The summed E-state index contributed by atoms with van der Waals surface area (Å²) in [6.45, 7) is 2.98. The van der Waals surface area contributed by atoms with Crippen LogP contribution >= 0.6 is 11.6 Å². The Kier molecular flexibility index (Phi) is 6.53. The van der Waals surface area contributed by atoms with Gasteiger partial charge in [-0.15, -0.1) is 0 Å². The molecule has 0 bridgehead atoms. The van der Waals surface area contributed by atoms with Gasteiger partial charge in [0.2, 0.25) is 5.95 Å². The summed E-state index contributed by atoms with van der Waals surface area (Å²) in [4.78, 5) is 23.3. The molecule has 0 spiro atoms. The lowest BCUT2D eigenvalue weighted by Crippen LogP contribution is -2.26. The Morgan fingerprint density at radius 1 is 1.15 bits per heavy atom. The number of allylic oxidation sites excluding steroid dienone is 1. The van der Waals surface area contributed by atoms with Crippen LogP contribution in [0.1, 0.15) is 32.1 Å². The molecule has 9 heteroatoms. The van der Waals surface area contributed by atoms with Gasteiger partial charge in [0.25, 0.3) is 0 Å². The Labute approximate surface area is 199 Å². The van der Waals surface area contributed by atoms with E-state index in [0.29, 0.717) is 10.8 Å². The fraction of sp³-hybridized carbons (Fsp3) is 0.458. The first-order chi connectivity index (χ1) is 16.2. The van der Waals surface area contributed by atoms with Crippen LogP contribution in [0.3, 0.4) is 0 Å². The molecular weight excluding hydrogens is 436 g/mol. The van der Waals surface area contributed by atoms with Gasteiger partial charge in [-0.05, 0) is 67.6 Å². The van der Waals surface area contributed by atoms with Gasteiger partial charge in [0.05, 0.1) is 35.6 Å². The molecular formula is C24H29ClN8. The van der Waals surface area contributed by atoms with Crippen LogP contribution in [0.25, 0.3) is 0 Å². The summed E-state index contributed by atoms with van der Waals surface area (Å²) >= 11 is 5.94. The van der Waals surface area contributed by atoms with Crippen molar-refractivity contribution < 1.29 is 0 Å². The Morgan fingerprint density at radius 3 is 2.82 bits per heavy atom. The van der Waals surface area contributed by atoms with E-state index in [4.69, 9.17) is 17.3 Å². The van der Waals surface area contributed by atoms with Crippen LogP contribution in [-0.2, 0) is 0 Å². The maximum absolute atomic E-state index is 5.94. The van der Waals surface area contributed by atoms with Gasteiger partial charge in [-0.25, -0.2) is 24.9 Å². The predicted molar refractivity (Wildman–Crippen MR) is 133 cm³/mol. The number of hydrogen-bond donors (Lipinski definition) is 2. The number of rotatable bonds is 8. The third-order valence-electron chi connectivity index (χ3n) is 6.88. The van der Waals surface area contributed by atoms with Gasteiger partial charge in [-0.3, -0.25) is 0 Å². The van der Waals surface area contributed by atoms with E-state index in [9.17, 15) is 0 Å². The predicted octanol–water partition coefficient (Wildman–Crippen LogP) is 4.23. The molecule has 0 radical (unpaired) electrons. The van der Waals surface area contributed by atoms with Crippen molar-refractivity contribution >= 4 is 41.7 Å². The molecule has 8 nitrogen and oxygen atoms in total. The van der Waals surface area contributed by atoms with Gasteiger partial charge < -0.3 is 16.0 Å². The maximum atomic E-state index is 5.94. The van der Waals surface area contributed by atoms with E-state index in [1.54, 1.807) is 23.5 Å². The van der Waals surface area contributed by atoms with Gasteiger partial charge in [0.1, 0.15) is 6.34 Å². The normalized spacial score (nSPS) is 25.0. The minimum atomic E-state index is 0.589. The Morgan fingerprint density at radius 2 is 2.03 bits per heavy atom. The molecule has 5 rings (SSSR count). The van der Waals surface area contributed by atoms with Crippen molar-refractivity contribution in [3.05, 3.63) is 46.9 Å². The zero-order chi connectivity index (χ0) is 22.6. The number of halogens is 1. The number of pyridine rings is 1. The summed E-state index contributed by atoms with van der Waals surface area (Å²) in [5, 5.41) is 4.08. The maximum Gasteiger partial charge on any atom is 0.225 e. The summed E-state index contributed by atoms with van der Waals surface area (Å²) in [7, 11) is 0. The summed E-state index contributed by atoms with van der Waals surface area (Å²) in [5.41, 5.74) is 9.47. The van der Waals surface area contributed by atoms with E-state index in [2.05, 4.69) is 35.2 Å². The van der Waals surface area contributed by atoms with Crippen LogP contribution in [0.4, 0.5) is 17.5 Å². The highest BCUT2D eigenvalue weighted by Gasteiger charge is 2.48. The molecule has 1 saturated heterocycles. The standard InChI is InChI=1S/C24H29ClN8/c25-18-11-30-24(31-12-18)33-6-1-2-16(5-7-33)21-9-22(21)20-8-17(20)10-28-19-3-4-23(29-13-19)32-15-27-14-26/h3-4,11-16,21-22,28H,1-2,5-10H2,(H2,26,27,29,32). The van der Waals surface area contributed by atoms with Crippen molar-refractivity contribution in [2.75, 3.05) is 29.9 Å². The van der Waals surface area contributed by atoms with E-state index in [0.717, 1.165) is 49.0 Å². The number of nitrogens with two attached hydrogens (primary N) is 1. The third-order valence-corrected chi connectivity index (χ3v) is 7.08. The molecule has 1 saturated carbocycles. The Balaban J connectivity index is 1.09. The fourth-order valence-electron chi connectivity index (χ4n) is 5.02. The van der Waals surface area contributed by atoms with E-state index < -0.39 is 0 Å². The molecule has 3 heterocycles. The minimum absolute atomic E-state index is 0.589. The molecule has 2 aromatic rings. The topological polar surface area (TPSA) is 105 Å². The van der Waals surface area contributed by atoms with Gasteiger partial charge in [-0.2, -0.15) is 0 Å². The molecule has 2 aromatic heterocycles. The smallest absolute Gasteiger partial charge is 0.225 e. The third kappa shape index (κ3) is 5.50. The second-order valence-electron chi connectivity index (χ2n) is 8.99. The molecule has 3 atom stereocenters. The SMILES string of the molecule is NC=NC=Nc1ccc(NCC2=C(C3CC3C3CCCN(c4ncc(Cl)cn4)CC3)C2)cn1. The Bertz CT molecular complexity index is 1050. The van der Waals surface area contributed by atoms with Crippen molar-refractivity contribution in [2.45, 2.75) is 32.1 Å². The van der Waals surface area contributed by atoms with Crippen molar-refractivity contribution in [3.8, 4) is 0 Å². The monoisotopic (exact) mass is 464 g/mol. The van der Waals surface area contributed by atoms with Crippen LogP contribution < -0.4 is 16.0 Å². The largest absolute Gasteiger partial charge is 0.390 e. The summed E-state index contributed by atoms with van der Waals surface area (Å²) in [6.07, 6.45) is 14.1. The number of nitrogens with zero attached hydrogens (tertiary/aromatic N) is 6. The van der Waals surface area contributed by atoms with Crippen molar-refractivity contribution in [1.82, 2.24) is 15.0 Å². The first-order valence-electron chi connectivity index (χ1n) is 11.6. The van der Waals surface area contributed by atoms with E-state index in [1.165, 1.54) is 44.8 Å². The summed E-state index contributed by atoms with van der Waals surface area (Å²) in [6, 6.07) is 3.87. The van der Waals surface area contributed by atoms with Crippen LogP contribution in [0.5, 0.6) is 0 Å². The van der Waals surface area contributed by atoms with Crippen LogP contribution in [0.2, 0.25) is 5.02 Å². The van der Waals surface area contributed by atoms with Crippen molar-refractivity contribution in [2.24, 2.45) is 33.5 Å². The van der Waals surface area contributed by atoms with E-state index >= 15 is 0 Å². The second-order valence-corrected chi connectivity index (χ2v) is 9.43.